The molecule has 28 heavy (non-hydrogen) atoms. The Balaban J connectivity index is 0.000000403. The molecule has 152 valence electrons. The maximum Gasteiger partial charge on any atom is 0.261 e. The third-order valence-corrected chi connectivity index (χ3v) is 5.57. The third-order valence-electron chi connectivity index (χ3n) is 5.57. The average Bonchev–Trinajstić information content (AvgIpc) is 3.10. The molecule has 1 fully saturated rings. The van der Waals surface area contributed by atoms with Gasteiger partial charge in [0.05, 0.1) is 6.26 Å². The first-order chi connectivity index (χ1) is 13.3. The van der Waals surface area contributed by atoms with Gasteiger partial charge >= 0.3 is 0 Å². The SMILES string of the molecule is CS(=O)(=O)O.Fc1ccc2c(c1)CCCC2CN1CCC(c2ccccc2)C1. The molecule has 1 saturated heterocycles. The standard InChI is InChI=1S/C21H24FN.CH4O3S/c22-20-9-10-21-17(13-20)7-4-8-19(21)15-23-12-11-18(14-23)16-5-2-1-3-6-16;1-5(2,3)4/h1-3,5-6,9-10,13,18-19H,4,7-8,11-12,14-15H2;1H3,(H,2,3,4). The molecule has 1 N–H and O–H groups in total. The Hall–Kier alpha value is -1.76. The molecule has 4 nitrogen and oxygen atoms in total. The predicted molar refractivity (Wildman–Crippen MR) is 110 cm³/mol. The molecule has 1 aliphatic carbocycles. The molecule has 0 amide bonds. The van der Waals surface area contributed by atoms with Crippen LogP contribution in [0.15, 0.2) is 48.5 Å². The molecule has 0 bridgehead atoms. The zero-order chi connectivity index (χ0) is 20.1. The van der Waals surface area contributed by atoms with Gasteiger partial charge in [0.1, 0.15) is 5.82 Å². The molecule has 0 spiro atoms. The molecular weight excluding hydrogens is 377 g/mol. The van der Waals surface area contributed by atoms with Crippen molar-refractivity contribution in [2.75, 3.05) is 25.9 Å². The minimum absolute atomic E-state index is 0.0882. The largest absolute Gasteiger partial charge is 0.302 e. The minimum Gasteiger partial charge on any atom is -0.302 e. The van der Waals surface area contributed by atoms with Crippen molar-refractivity contribution in [3.8, 4) is 0 Å². The first kappa shape index (κ1) is 21.0. The maximum atomic E-state index is 13.5. The van der Waals surface area contributed by atoms with Crippen molar-refractivity contribution in [2.24, 2.45) is 0 Å². The second-order valence-corrected chi connectivity index (χ2v) is 9.29. The first-order valence-corrected chi connectivity index (χ1v) is 11.6. The fourth-order valence-corrected chi connectivity index (χ4v) is 4.38. The molecule has 1 heterocycles. The number of fused-ring (bicyclic) bond motifs is 1. The van der Waals surface area contributed by atoms with Crippen molar-refractivity contribution < 1.29 is 17.4 Å². The topological polar surface area (TPSA) is 57.6 Å². The van der Waals surface area contributed by atoms with Crippen LogP contribution in [0.3, 0.4) is 0 Å². The highest BCUT2D eigenvalue weighted by Crippen LogP contribution is 2.35. The summed E-state index contributed by atoms with van der Waals surface area (Å²) in [6, 6.07) is 16.3. The van der Waals surface area contributed by atoms with Crippen molar-refractivity contribution in [2.45, 2.75) is 37.5 Å². The Bertz CT molecular complexity index is 878. The quantitative estimate of drug-likeness (QED) is 0.776. The van der Waals surface area contributed by atoms with Gasteiger partial charge in [0.15, 0.2) is 0 Å². The molecular formula is C22H28FNO3S. The molecule has 0 radical (unpaired) electrons. The monoisotopic (exact) mass is 405 g/mol. The lowest BCUT2D eigenvalue weighted by molar-refractivity contribution is 0.297. The van der Waals surface area contributed by atoms with E-state index in [1.807, 2.05) is 6.07 Å². The molecule has 4 rings (SSSR count). The molecule has 6 heteroatoms. The lowest BCUT2D eigenvalue weighted by atomic mass is 9.82. The zero-order valence-corrected chi connectivity index (χ0v) is 17.0. The van der Waals surface area contributed by atoms with E-state index in [0.29, 0.717) is 18.1 Å². The lowest BCUT2D eigenvalue weighted by Crippen LogP contribution is -2.28. The van der Waals surface area contributed by atoms with Crippen LogP contribution < -0.4 is 0 Å². The van der Waals surface area contributed by atoms with Crippen molar-refractivity contribution in [3.05, 3.63) is 71.0 Å². The molecule has 0 aromatic heterocycles. The van der Waals surface area contributed by atoms with E-state index in [2.05, 4.69) is 35.2 Å². The highest BCUT2D eigenvalue weighted by molar-refractivity contribution is 7.85. The van der Waals surface area contributed by atoms with Gasteiger partial charge in [-0.1, -0.05) is 36.4 Å². The number of benzene rings is 2. The van der Waals surface area contributed by atoms with E-state index >= 15 is 0 Å². The van der Waals surface area contributed by atoms with Gasteiger partial charge in [0.25, 0.3) is 10.1 Å². The molecule has 1 aliphatic heterocycles. The Morgan fingerprint density at radius 2 is 1.86 bits per heavy atom. The summed E-state index contributed by atoms with van der Waals surface area (Å²) in [6.07, 6.45) is 5.44. The first-order valence-electron chi connectivity index (χ1n) is 9.77. The van der Waals surface area contributed by atoms with Crippen LogP contribution in [0.25, 0.3) is 0 Å². The number of aryl methyl sites for hydroxylation is 1. The van der Waals surface area contributed by atoms with Gasteiger partial charge in [-0.25, -0.2) is 4.39 Å². The smallest absolute Gasteiger partial charge is 0.261 e. The van der Waals surface area contributed by atoms with Crippen LogP contribution in [0, 0.1) is 5.82 Å². The summed E-state index contributed by atoms with van der Waals surface area (Å²) in [5.74, 6) is 1.16. The number of hydrogen-bond acceptors (Lipinski definition) is 3. The Kier molecular flexibility index (Phi) is 6.86. The van der Waals surface area contributed by atoms with Crippen LogP contribution >= 0.6 is 0 Å². The highest BCUT2D eigenvalue weighted by Gasteiger charge is 2.28. The number of halogens is 1. The lowest BCUT2D eigenvalue weighted by Gasteiger charge is -2.29. The number of rotatable bonds is 3. The van der Waals surface area contributed by atoms with Gasteiger partial charge in [0, 0.05) is 13.1 Å². The molecule has 2 unspecified atom stereocenters. The number of nitrogens with zero attached hydrogens (tertiary/aromatic N) is 1. The highest BCUT2D eigenvalue weighted by atomic mass is 32.2. The van der Waals surface area contributed by atoms with Gasteiger partial charge in [-0.3, -0.25) is 4.55 Å². The van der Waals surface area contributed by atoms with Gasteiger partial charge in [0.2, 0.25) is 0 Å². The van der Waals surface area contributed by atoms with Crippen molar-refractivity contribution in [3.63, 3.8) is 0 Å². The molecule has 2 atom stereocenters. The third kappa shape index (κ3) is 6.12. The summed E-state index contributed by atoms with van der Waals surface area (Å²) in [5, 5.41) is 0. The van der Waals surface area contributed by atoms with E-state index in [4.69, 9.17) is 4.55 Å². The van der Waals surface area contributed by atoms with Crippen LogP contribution in [-0.4, -0.2) is 43.8 Å². The van der Waals surface area contributed by atoms with Crippen LogP contribution in [-0.2, 0) is 16.5 Å². The summed E-state index contributed by atoms with van der Waals surface area (Å²) in [4.78, 5) is 2.61. The predicted octanol–water partition coefficient (Wildman–Crippen LogP) is 4.24. The molecule has 2 aliphatic rings. The minimum atomic E-state index is -3.67. The van der Waals surface area contributed by atoms with E-state index in [1.165, 1.54) is 42.5 Å². The van der Waals surface area contributed by atoms with E-state index in [1.54, 1.807) is 12.1 Å². The molecule has 2 aromatic carbocycles. The summed E-state index contributed by atoms with van der Waals surface area (Å²) in [6.45, 7) is 3.48. The zero-order valence-electron chi connectivity index (χ0n) is 16.2. The fraction of sp³-hybridized carbons (Fsp3) is 0.455. The summed E-state index contributed by atoms with van der Waals surface area (Å²) in [7, 11) is -3.67. The van der Waals surface area contributed by atoms with E-state index in [-0.39, 0.29) is 5.82 Å². The van der Waals surface area contributed by atoms with Gasteiger partial charge in [-0.05, 0) is 72.9 Å². The summed E-state index contributed by atoms with van der Waals surface area (Å²) >= 11 is 0. The second kappa shape index (κ2) is 9.16. The normalized spacial score (nSPS) is 22.2. The van der Waals surface area contributed by atoms with Gasteiger partial charge in [-0.2, -0.15) is 8.42 Å². The summed E-state index contributed by atoms with van der Waals surface area (Å²) < 4.78 is 39.3. The Morgan fingerprint density at radius 3 is 2.57 bits per heavy atom. The number of likely N-dealkylation sites (tertiary alicyclic amines) is 1. The molecule has 2 aromatic rings. The van der Waals surface area contributed by atoms with Crippen LogP contribution in [0.2, 0.25) is 0 Å². The maximum absolute atomic E-state index is 13.5. The average molecular weight is 406 g/mol. The second-order valence-electron chi connectivity index (χ2n) is 7.82. The Labute approximate surface area is 167 Å². The number of hydrogen-bond donors (Lipinski definition) is 1. The van der Waals surface area contributed by atoms with Crippen molar-refractivity contribution >= 4 is 10.1 Å². The van der Waals surface area contributed by atoms with Crippen molar-refractivity contribution in [1.29, 1.82) is 0 Å². The van der Waals surface area contributed by atoms with Gasteiger partial charge in [-0.15, -0.1) is 0 Å². The van der Waals surface area contributed by atoms with E-state index in [0.717, 1.165) is 19.5 Å². The fourth-order valence-electron chi connectivity index (χ4n) is 4.38. The summed E-state index contributed by atoms with van der Waals surface area (Å²) in [5.41, 5.74) is 4.10. The van der Waals surface area contributed by atoms with E-state index < -0.39 is 10.1 Å². The van der Waals surface area contributed by atoms with E-state index in [9.17, 15) is 12.8 Å². The van der Waals surface area contributed by atoms with Crippen LogP contribution in [0.5, 0.6) is 0 Å². The van der Waals surface area contributed by atoms with Crippen LogP contribution in [0.1, 0.15) is 47.8 Å². The Morgan fingerprint density at radius 1 is 1.14 bits per heavy atom. The molecule has 0 saturated carbocycles. The van der Waals surface area contributed by atoms with Crippen LogP contribution in [0.4, 0.5) is 4.39 Å². The van der Waals surface area contributed by atoms with Crippen molar-refractivity contribution in [1.82, 2.24) is 4.90 Å². The van der Waals surface area contributed by atoms with Gasteiger partial charge < -0.3 is 4.90 Å².